The quantitative estimate of drug-likeness (QED) is 0.208. The van der Waals surface area contributed by atoms with Crippen molar-refractivity contribution < 1.29 is 17.9 Å². The number of urea groups is 1. The Balaban J connectivity index is 1.29. The van der Waals surface area contributed by atoms with Gasteiger partial charge in [-0.15, -0.1) is 0 Å². The molecule has 5 rings (SSSR count). The third-order valence-electron chi connectivity index (χ3n) is 5.73. The lowest BCUT2D eigenvalue weighted by Gasteiger charge is -2.18. The molecule has 3 aromatic heterocycles. The number of carbonyl (C=O) groups excluding carboxylic acids is 1. The van der Waals surface area contributed by atoms with Crippen LogP contribution in [0.4, 0.5) is 22.0 Å². The van der Waals surface area contributed by atoms with Gasteiger partial charge in [0, 0.05) is 35.1 Å². The number of anilines is 3. The number of nitrogens with one attached hydrogen (secondary N) is 4. The average Bonchev–Trinajstić information content (AvgIpc) is 3.51. The molecule has 4 N–H and O–H groups in total. The predicted molar refractivity (Wildman–Crippen MR) is 154 cm³/mol. The van der Waals surface area contributed by atoms with Crippen LogP contribution in [0.1, 0.15) is 20.8 Å². The van der Waals surface area contributed by atoms with Crippen LogP contribution in [-0.2, 0) is 15.6 Å². The maximum atomic E-state index is 13.0. The first kappa shape index (κ1) is 26.7. The summed E-state index contributed by atoms with van der Waals surface area (Å²) in [6.07, 6.45) is 6.04. The highest BCUT2D eigenvalue weighted by molar-refractivity contribution is 7.92. The van der Waals surface area contributed by atoms with Crippen LogP contribution in [-0.4, -0.2) is 45.7 Å². The van der Waals surface area contributed by atoms with Crippen molar-refractivity contribution in [2.75, 3.05) is 21.6 Å². The van der Waals surface area contributed by atoms with Gasteiger partial charge in [0.05, 0.1) is 29.2 Å². The summed E-state index contributed by atoms with van der Waals surface area (Å²) in [5.74, 6) is 1.04. The fourth-order valence-electron chi connectivity index (χ4n) is 3.86. The van der Waals surface area contributed by atoms with E-state index in [4.69, 9.17) is 9.84 Å². The van der Waals surface area contributed by atoms with E-state index in [0.29, 0.717) is 28.6 Å². The number of sulfonamides is 1. The van der Waals surface area contributed by atoms with Crippen molar-refractivity contribution in [3.05, 3.63) is 73.2 Å². The van der Waals surface area contributed by atoms with E-state index < -0.39 is 16.1 Å². The molecule has 2 amide bonds. The number of H-pyrrole nitrogens is 1. The molecule has 0 unspecified atom stereocenters. The van der Waals surface area contributed by atoms with Crippen LogP contribution in [0.2, 0.25) is 0 Å². The molecule has 0 aliphatic carbocycles. The summed E-state index contributed by atoms with van der Waals surface area (Å²) < 4.78 is 32.8. The predicted octanol–water partition coefficient (Wildman–Crippen LogP) is 5.38. The first-order valence-corrected chi connectivity index (χ1v) is 14.2. The number of fused-ring (bicyclic) bond motifs is 1. The second kappa shape index (κ2) is 10.3. The zero-order chi connectivity index (χ0) is 28.5. The van der Waals surface area contributed by atoms with Crippen molar-refractivity contribution in [1.29, 1.82) is 0 Å². The van der Waals surface area contributed by atoms with Crippen molar-refractivity contribution >= 4 is 44.1 Å². The number of hydrogen-bond acceptors (Lipinski definition) is 7. The standard InChI is InChI=1S/C27H28N8O4S/c1-27(2,3)35-16-23(25(33-35)17-5-10-22-18(13-17)15-29-32-22)31-26(36)30-19-6-8-20(9-7-19)39-21-11-12-28-24(14-21)34-40(4,37)38/h5-16H,1-4H3,(H,28,34)(H,29,32)(H2,30,31,36). The molecule has 3 heterocycles. The van der Waals surface area contributed by atoms with E-state index in [0.717, 1.165) is 22.7 Å². The Morgan fingerprint density at radius 3 is 2.50 bits per heavy atom. The Hall–Kier alpha value is -4.91. The van der Waals surface area contributed by atoms with E-state index >= 15 is 0 Å². The second-order valence-corrected chi connectivity index (χ2v) is 11.9. The first-order valence-electron chi connectivity index (χ1n) is 12.3. The molecule has 13 heteroatoms. The maximum Gasteiger partial charge on any atom is 0.323 e. The Kier molecular flexibility index (Phi) is 6.90. The summed E-state index contributed by atoms with van der Waals surface area (Å²) >= 11 is 0. The highest BCUT2D eigenvalue weighted by atomic mass is 32.2. The first-order chi connectivity index (χ1) is 18.9. The molecule has 2 aromatic carbocycles. The summed E-state index contributed by atoms with van der Waals surface area (Å²) in [6.45, 7) is 6.10. The van der Waals surface area contributed by atoms with Gasteiger partial charge in [-0.05, 0) is 63.2 Å². The third kappa shape index (κ3) is 6.38. The molecule has 0 fully saturated rings. The molecule has 206 valence electrons. The molecule has 12 nitrogen and oxygen atoms in total. The van der Waals surface area contributed by atoms with Gasteiger partial charge in [0.25, 0.3) is 0 Å². The minimum absolute atomic E-state index is 0.147. The van der Waals surface area contributed by atoms with Gasteiger partial charge in [-0.1, -0.05) is 6.07 Å². The molecule has 0 spiro atoms. The number of pyridine rings is 1. The second-order valence-electron chi connectivity index (χ2n) is 10.1. The molecule has 5 aromatic rings. The third-order valence-corrected chi connectivity index (χ3v) is 6.31. The topological polar surface area (TPSA) is 156 Å². The van der Waals surface area contributed by atoms with Crippen LogP contribution < -0.4 is 20.1 Å². The van der Waals surface area contributed by atoms with Crippen molar-refractivity contribution in [2.45, 2.75) is 26.3 Å². The number of carbonyl (C=O) groups is 1. The van der Waals surface area contributed by atoms with Crippen molar-refractivity contribution in [3.63, 3.8) is 0 Å². The Labute approximate surface area is 230 Å². The normalized spacial score (nSPS) is 11.8. The van der Waals surface area contributed by atoms with Gasteiger partial charge in [-0.2, -0.15) is 10.2 Å². The molecule has 0 saturated heterocycles. The number of aromatic nitrogens is 5. The summed E-state index contributed by atoms with van der Waals surface area (Å²) in [5.41, 5.74) is 3.21. The minimum atomic E-state index is -3.46. The number of hydrogen-bond donors (Lipinski definition) is 4. The summed E-state index contributed by atoms with van der Waals surface area (Å²) in [6, 6.07) is 15.2. The number of ether oxygens (including phenoxy) is 1. The Bertz CT molecular complexity index is 1790. The fraction of sp³-hybridized carbons (Fsp3) is 0.185. The Morgan fingerprint density at radius 2 is 1.77 bits per heavy atom. The van der Waals surface area contributed by atoms with Crippen molar-refractivity contribution in [2.24, 2.45) is 0 Å². The van der Waals surface area contributed by atoms with Gasteiger partial charge in [0.2, 0.25) is 10.0 Å². The summed E-state index contributed by atoms with van der Waals surface area (Å²) in [4.78, 5) is 16.9. The number of nitrogens with zero attached hydrogens (tertiary/aromatic N) is 4. The van der Waals surface area contributed by atoms with Gasteiger partial charge in [0.1, 0.15) is 23.0 Å². The molecular formula is C27H28N8O4S. The van der Waals surface area contributed by atoms with Gasteiger partial charge in [-0.25, -0.2) is 18.2 Å². The number of benzene rings is 2. The van der Waals surface area contributed by atoms with Crippen molar-refractivity contribution in [1.82, 2.24) is 25.0 Å². The molecule has 0 saturated carbocycles. The Morgan fingerprint density at radius 1 is 1.00 bits per heavy atom. The van der Waals surface area contributed by atoms with Crippen LogP contribution >= 0.6 is 0 Å². The maximum absolute atomic E-state index is 13.0. The number of amides is 2. The zero-order valence-electron chi connectivity index (χ0n) is 22.3. The SMILES string of the molecule is CC(C)(C)n1cc(NC(=O)Nc2ccc(Oc3ccnc(NS(C)(=O)=O)c3)cc2)c(-c2ccc3[nH]ncc3c2)n1. The lowest BCUT2D eigenvalue weighted by Crippen LogP contribution is -2.22. The number of aromatic amines is 1. The van der Waals surface area contributed by atoms with E-state index in [1.807, 2.05) is 49.8 Å². The molecule has 0 atom stereocenters. The molecule has 40 heavy (non-hydrogen) atoms. The van der Waals surface area contributed by atoms with E-state index in [1.165, 1.54) is 12.3 Å². The highest BCUT2D eigenvalue weighted by Crippen LogP contribution is 2.31. The fourth-order valence-corrected chi connectivity index (χ4v) is 4.35. The molecule has 0 radical (unpaired) electrons. The lowest BCUT2D eigenvalue weighted by molar-refractivity contribution is 0.262. The number of rotatable bonds is 7. The minimum Gasteiger partial charge on any atom is -0.457 e. The van der Waals surface area contributed by atoms with E-state index in [1.54, 1.807) is 36.5 Å². The van der Waals surface area contributed by atoms with Gasteiger partial charge >= 0.3 is 6.03 Å². The monoisotopic (exact) mass is 560 g/mol. The van der Waals surface area contributed by atoms with Gasteiger partial charge < -0.3 is 15.4 Å². The van der Waals surface area contributed by atoms with Gasteiger partial charge in [0.15, 0.2) is 0 Å². The van der Waals surface area contributed by atoms with Crippen LogP contribution in [0.3, 0.4) is 0 Å². The summed E-state index contributed by atoms with van der Waals surface area (Å²) in [7, 11) is -3.46. The van der Waals surface area contributed by atoms with Gasteiger partial charge in [-0.3, -0.25) is 14.5 Å². The molecule has 0 bridgehead atoms. The van der Waals surface area contributed by atoms with Crippen LogP contribution in [0.25, 0.3) is 22.2 Å². The van der Waals surface area contributed by atoms with E-state index in [9.17, 15) is 13.2 Å². The largest absolute Gasteiger partial charge is 0.457 e. The van der Waals surface area contributed by atoms with Crippen molar-refractivity contribution in [3.8, 4) is 22.8 Å². The average molecular weight is 561 g/mol. The van der Waals surface area contributed by atoms with Crippen LogP contribution in [0.5, 0.6) is 11.5 Å². The summed E-state index contributed by atoms with van der Waals surface area (Å²) in [5, 5.41) is 18.5. The highest BCUT2D eigenvalue weighted by Gasteiger charge is 2.21. The zero-order valence-corrected chi connectivity index (χ0v) is 23.1. The molecular weight excluding hydrogens is 532 g/mol. The molecule has 0 aliphatic rings. The molecule has 0 aliphatic heterocycles. The smallest absolute Gasteiger partial charge is 0.323 e. The van der Waals surface area contributed by atoms with Crippen LogP contribution in [0.15, 0.2) is 73.2 Å². The lowest BCUT2D eigenvalue weighted by atomic mass is 10.1. The van der Waals surface area contributed by atoms with E-state index in [-0.39, 0.29) is 11.4 Å². The van der Waals surface area contributed by atoms with E-state index in [2.05, 4.69) is 30.5 Å². The van der Waals surface area contributed by atoms with Crippen LogP contribution in [0, 0.1) is 0 Å².